The lowest BCUT2D eigenvalue weighted by Gasteiger charge is -2.30. The molecule has 17 heavy (non-hydrogen) atoms. The number of fused-ring (bicyclic) bond motifs is 1. The lowest BCUT2D eigenvalue weighted by Crippen LogP contribution is -2.40. The lowest BCUT2D eigenvalue weighted by molar-refractivity contribution is 0.367. The largest absolute Gasteiger partial charge is 0.271 e. The molecule has 1 fully saturated rings. The first-order chi connectivity index (χ1) is 8.38. The fraction of sp³-hybridized carbons (Fsp3) is 0.714. The summed E-state index contributed by atoms with van der Waals surface area (Å²) in [4.78, 5) is 1.60. The molecule has 0 aliphatic heterocycles. The third kappa shape index (κ3) is 2.56. The van der Waals surface area contributed by atoms with Crippen LogP contribution >= 0.6 is 11.3 Å². The molecule has 0 amide bonds. The maximum atomic E-state index is 5.79. The monoisotopic (exact) mass is 250 g/mol. The molecule has 1 aromatic heterocycles. The molecule has 1 heterocycles. The van der Waals surface area contributed by atoms with Gasteiger partial charge in [0, 0.05) is 16.8 Å². The Morgan fingerprint density at radius 3 is 3.06 bits per heavy atom. The second-order valence-corrected chi connectivity index (χ2v) is 6.59. The van der Waals surface area contributed by atoms with Crippen molar-refractivity contribution in [3.8, 4) is 0 Å². The highest BCUT2D eigenvalue weighted by Gasteiger charge is 2.30. The van der Waals surface area contributed by atoms with E-state index in [2.05, 4.69) is 16.9 Å². The van der Waals surface area contributed by atoms with Crippen LogP contribution in [-0.4, -0.2) is 6.04 Å². The first-order valence-corrected chi connectivity index (χ1v) is 7.79. The quantitative estimate of drug-likeness (QED) is 0.622. The van der Waals surface area contributed by atoms with Gasteiger partial charge in [-0.25, -0.2) is 0 Å². The van der Waals surface area contributed by atoms with E-state index in [-0.39, 0.29) is 0 Å². The third-order valence-electron chi connectivity index (χ3n) is 4.38. The van der Waals surface area contributed by atoms with E-state index in [1.807, 2.05) is 11.3 Å². The van der Waals surface area contributed by atoms with E-state index in [0.29, 0.717) is 12.0 Å². The number of hydrogen-bond acceptors (Lipinski definition) is 3. The van der Waals surface area contributed by atoms with Crippen molar-refractivity contribution in [2.24, 2.45) is 11.8 Å². The molecule has 3 heteroatoms. The standard InChI is InChI=1S/C14H22N2S/c15-16-13(7-6-10-4-5-10)11-2-1-3-14-12(11)8-9-17-14/h8-11,13,16H,1-7,15H2. The van der Waals surface area contributed by atoms with Gasteiger partial charge in [-0.2, -0.15) is 0 Å². The van der Waals surface area contributed by atoms with Gasteiger partial charge in [0.05, 0.1) is 0 Å². The average molecular weight is 250 g/mol. The van der Waals surface area contributed by atoms with Crippen molar-refractivity contribution in [2.75, 3.05) is 0 Å². The van der Waals surface area contributed by atoms with Crippen LogP contribution in [0.2, 0.25) is 0 Å². The molecule has 94 valence electrons. The Labute approximate surface area is 108 Å². The van der Waals surface area contributed by atoms with Gasteiger partial charge in [-0.05, 0) is 55.0 Å². The van der Waals surface area contributed by atoms with E-state index in [9.17, 15) is 0 Å². The Kier molecular flexibility index (Phi) is 3.50. The Morgan fingerprint density at radius 1 is 1.41 bits per heavy atom. The van der Waals surface area contributed by atoms with Gasteiger partial charge in [-0.15, -0.1) is 11.3 Å². The van der Waals surface area contributed by atoms with E-state index in [4.69, 9.17) is 5.84 Å². The summed E-state index contributed by atoms with van der Waals surface area (Å²) >= 11 is 1.93. The normalized spacial score (nSPS) is 25.6. The van der Waals surface area contributed by atoms with Crippen molar-refractivity contribution < 1.29 is 0 Å². The van der Waals surface area contributed by atoms with Crippen LogP contribution in [0.25, 0.3) is 0 Å². The second-order valence-electron chi connectivity index (χ2n) is 5.59. The summed E-state index contributed by atoms with van der Waals surface area (Å²) in [5.41, 5.74) is 4.67. The summed E-state index contributed by atoms with van der Waals surface area (Å²) in [6, 6.07) is 2.81. The van der Waals surface area contributed by atoms with E-state index in [1.54, 1.807) is 10.4 Å². The van der Waals surface area contributed by atoms with Crippen molar-refractivity contribution in [3.05, 3.63) is 21.9 Å². The SMILES string of the molecule is NNC(CCC1CC1)C1CCCc2sccc21. The highest BCUT2D eigenvalue weighted by Crippen LogP contribution is 2.40. The number of rotatable bonds is 5. The van der Waals surface area contributed by atoms with Gasteiger partial charge >= 0.3 is 0 Å². The molecule has 0 saturated heterocycles. The van der Waals surface area contributed by atoms with Crippen molar-refractivity contribution >= 4 is 11.3 Å². The minimum atomic E-state index is 0.490. The zero-order chi connectivity index (χ0) is 11.7. The number of hydrazine groups is 1. The van der Waals surface area contributed by atoms with Crippen molar-refractivity contribution in [3.63, 3.8) is 0 Å². The first-order valence-electron chi connectivity index (χ1n) is 6.91. The van der Waals surface area contributed by atoms with E-state index < -0.39 is 0 Å². The zero-order valence-electron chi connectivity index (χ0n) is 10.3. The number of aryl methyl sites for hydroxylation is 1. The van der Waals surface area contributed by atoms with Gasteiger partial charge in [0.1, 0.15) is 0 Å². The zero-order valence-corrected chi connectivity index (χ0v) is 11.1. The van der Waals surface area contributed by atoms with E-state index in [1.165, 1.54) is 44.9 Å². The highest BCUT2D eigenvalue weighted by atomic mass is 32.1. The van der Waals surface area contributed by atoms with Gasteiger partial charge in [0.2, 0.25) is 0 Å². The van der Waals surface area contributed by atoms with Crippen LogP contribution in [0.1, 0.15) is 54.9 Å². The van der Waals surface area contributed by atoms with Gasteiger partial charge < -0.3 is 0 Å². The van der Waals surface area contributed by atoms with Gasteiger partial charge in [0.25, 0.3) is 0 Å². The summed E-state index contributed by atoms with van der Waals surface area (Å²) in [5, 5.41) is 2.25. The maximum Gasteiger partial charge on any atom is 0.0279 e. The van der Waals surface area contributed by atoms with Gasteiger partial charge in [-0.3, -0.25) is 11.3 Å². The minimum Gasteiger partial charge on any atom is -0.271 e. The number of thiophene rings is 1. The molecule has 3 rings (SSSR count). The minimum absolute atomic E-state index is 0.490. The third-order valence-corrected chi connectivity index (χ3v) is 5.38. The topological polar surface area (TPSA) is 38.0 Å². The summed E-state index contributed by atoms with van der Waals surface area (Å²) in [7, 11) is 0. The summed E-state index contributed by atoms with van der Waals surface area (Å²) in [5.74, 6) is 7.46. The molecular weight excluding hydrogens is 228 g/mol. The fourth-order valence-corrected chi connectivity index (χ4v) is 4.16. The Hall–Kier alpha value is -0.380. The average Bonchev–Trinajstić information content (AvgIpc) is 3.05. The molecule has 2 atom stereocenters. The molecule has 2 unspecified atom stereocenters. The Bertz CT molecular complexity index is 370. The van der Waals surface area contributed by atoms with Crippen LogP contribution in [0.5, 0.6) is 0 Å². The predicted octanol–water partition coefficient (Wildman–Crippen LogP) is 3.19. The van der Waals surface area contributed by atoms with Crippen LogP contribution in [0.4, 0.5) is 0 Å². The molecule has 0 spiro atoms. The Balaban J connectivity index is 1.69. The number of nitrogens with one attached hydrogen (secondary N) is 1. The first kappa shape index (κ1) is 11.7. The van der Waals surface area contributed by atoms with Crippen LogP contribution in [0.15, 0.2) is 11.4 Å². The fourth-order valence-electron chi connectivity index (χ4n) is 3.16. The Morgan fingerprint density at radius 2 is 2.29 bits per heavy atom. The smallest absolute Gasteiger partial charge is 0.0279 e. The summed E-state index contributed by atoms with van der Waals surface area (Å²) in [6.45, 7) is 0. The molecular formula is C14H22N2S. The molecule has 0 bridgehead atoms. The van der Waals surface area contributed by atoms with Crippen molar-refractivity contribution in [1.29, 1.82) is 0 Å². The van der Waals surface area contributed by atoms with Crippen LogP contribution in [0, 0.1) is 5.92 Å². The van der Waals surface area contributed by atoms with Gasteiger partial charge in [-0.1, -0.05) is 12.8 Å². The molecule has 0 aromatic carbocycles. The van der Waals surface area contributed by atoms with Crippen LogP contribution in [-0.2, 0) is 6.42 Å². The van der Waals surface area contributed by atoms with Crippen molar-refractivity contribution in [2.45, 2.75) is 56.9 Å². The molecule has 0 radical (unpaired) electrons. The molecule has 1 saturated carbocycles. The molecule has 2 aliphatic carbocycles. The molecule has 3 N–H and O–H groups in total. The molecule has 1 aromatic rings. The molecule has 2 aliphatic rings. The predicted molar refractivity (Wildman–Crippen MR) is 73.1 cm³/mol. The molecule has 2 nitrogen and oxygen atoms in total. The number of hydrogen-bond donors (Lipinski definition) is 2. The maximum absolute atomic E-state index is 5.79. The van der Waals surface area contributed by atoms with E-state index in [0.717, 1.165) is 5.92 Å². The summed E-state index contributed by atoms with van der Waals surface area (Å²) in [6.07, 6.45) is 9.44. The summed E-state index contributed by atoms with van der Waals surface area (Å²) < 4.78 is 0. The highest BCUT2D eigenvalue weighted by molar-refractivity contribution is 7.10. The second kappa shape index (κ2) is 5.09. The van der Waals surface area contributed by atoms with Crippen LogP contribution in [0.3, 0.4) is 0 Å². The lowest BCUT2D eigenvalue weighted by atomic mass is 9.81. The van der Waals surface area contributed by atoms with Gasteiger partial charge in [0.15, 0.2) is 0 Å². The van der Waals surface area contributed by atoms with E-state index >= 15 is 0 Å². The van der Waals surface area contributed by atoms with Crippen LogP contribution < -0.4 is 11.3 Å². The van der Waals surface area contributed by atoms with Crippen molar-refractivity contribution in [1.82, 2.24) is 5.43 Å². The number of nitrogens with two attached hydrogens (primary N) is 1.